The highest BCUT2D eigenvalue weighted by molar-refractivity contribution is 7.13. The molecule has 0 radical (unpaired) electrons. The minimum absolute atomic E-state index is 0.405. The Morgan fingerprint density at radius 3 is 2.86 bits per heavy atom. The lowest BCUT2D eigenvalue weighted by Gasteiger charge is -2.33. The Balaban J connectivity index is 1.40. The molecule has 146 valence electrons. The van der Waals surface area contributed by atoms with Crippen molar-refractivity contribution >= 4 is 28.1 Å². The third kappa shape index (κ3) is 2.92. The van der Waals surface area contributed by atoms with Gasteiger partial charge in [-0.1, -0.05) is 18.2 Å². The summed E-state index contributed by atoms with van der Waals surface area (Å²) in [5.41, 5.74) is 1.01. The van der Waals surface area contributed by atoms with Crippen LogP contribution in [0.2, 0.25) is 0 Å². The zero-order chi connectivity index (χ0) is 19.2. The van der Waals surface area contributed by atoms with Crippen molar-refractivity contribution in [3.05, 3.63) is 53.4 Å². The Bertz CT molecular complexity index is 1170. The molecule has 0 aliphatic carbocycles. The van der Waals surface area contributed by atoms with E-state index in [4.69, 9.17) is 9.97 Å². The Labute approximate surface area is 173 Å². The number of aromatic nitrogens is 5. The van der Waals surface area contributed by atoms with Crippen LogP contribution in [0.25, 0.3) is 21.6 Å². The van der Waals surface area contributed by atoms with Gasteiger partial charge >= 0.3 is 0 Å². The molecule has 1 saturated heterocycles. The molecule has 0 amide bonds. The van der Waals surface area contributed by atoms with Crippen LogP contribution in [0, 0.1) is 0 Å². The van der Waals surface area contributed by atoms with Gasteiger partial charge in [0.15, 0.2) is 5.82 Å². The van der Waals surface area contributed by atoms with Crippen LogP contribution < -0.4 is 4.90 Å². The molecule has 0 N–H and O–H groups in total. The molecule has 6 nitrogen and oxygen atoms in total. The molecule has 1 aromatic carbocycles. The topological polar surface area (TPSA) is 59.7 Å². The molecule has 7 heteroatoms. The first-order valence-electron chi connectivity index (χ1n) is 10.3. The number of fused-ring (bicyclic) bond motifs is 2. The lowest BCUT2D eigenvalue weighted by Crippen LogP contribution is -2.36. The summed E-state index contributed by atoms with van der Waals surface area (Å²) < 4.78 is 2.35. The Hall–Kier alpha value is -2.80. The van der Waals surface area contributed by atoms with Crippen LogP contribution in [0.1, 0.15) is 36.8 Å². The van der Waals surface area contributed by atoms with Gasteiger partial charge in [0, 0.05) is 37.4 Å². The maximum atomic E-state index is 5.04. The fourth-order valence-electron chi connectivity index (χ4n) is 4.67. The number of piperidine rings is 1. The monoisotopic (exact) mass is 402 g/mol. The van der Waals surface area contributed by atoms with E-state index in [1.54, 1.807) is 11.3 Å². The second kappa shape index (κ2) is 6.91. The summed E-state index contributed by atoms with van der Waals surface area (Å²) in [6.45, 7) is 3.01. The number of benzene rings is 1. The normalized spacial score (nSPS) is 19.0. The van der Waals surface area contributed by atoms with Gasteiger partial charge in [0.2, 0.25) is 0 Å². The van der Waals surface area contributed by atoms with Crippen molar-refractivity contribution in [2.75, 3.05) is 18.0 Å². The fourth-order valence-corrected chi connectivity index (χ4v) is 5.33. The maximum absolute atomic E-state index is 5.04. The van der Waals surface area contributed by atoms with Crippen LogP contribution in [0.5, 0.6) is 0 Å². The lowest BCUT2D eigenvalue weighted by atomic mass is 9.96. The summed E-state index contributed by atoms with van der Waals surface area (Å²) in [7, 11) is 0. The van der Waals surface area contributed by atoms with E-state index in [1.165, 1.54) is 12.2 Å². The summed E-state index contributed by atoms with van der Waals surface area (Å²) in [5, 5.41) is 12.2. The zero-order valence-corrected chi connectivity index (χ0v) is 17.0. The summed E-state index contributed by atoms with van der Waals surface area (Å²) in [6.07, 6.45) is 4.55. The molecule has 0 bridgehead atoms. The summed E-state index contributed by atoms with van der Waals surface area (Å²) in [4.78, 5) is 13.4. The van der Waals surface area contributed by atoms with Crippen molar-refractivity contribution in [3.8, 4) is 10.7 Å². The van der Waals surface area contributed by atoms with Crippen molar-refractivity contribution in [1.82, 2.24) is 24.7 Å². The van der Waals surface area contributed by atoms with Crippen molar-refractivity contribution in [2.24, 2.45) is 0 Å². The average molecular weight is 403 g/mol. The van der Waals surface area contributed by atoms with Crippen molar-refractivity contribution < 1.29 is 0 Å². The van der Waals surface area contributed by atoms with Crippen molar-refractivity contribution in [3.63, 3.8) is 0 Å². The van der Waals surface area contributed by atoms with E-state index >= 15 is 0 Å². The number of hydrogen-bond donors (Lipinski definition) is 0. The van der Waals surface area contributed by atoms with Crippen LogP contribution in [0.15, 0.2) is 41.8 Å². The Morgan fingerprint density at radius 1 is 0.966 bits per heavy atom. The molecular formula is C22H22N6S. The molecular weight excluding hydrogens is 380 g/mol. The minimum atomic E-state index is 0.405. The number of anilines is 1. The first-order valence-corrected chi connectivity index (χ1v) is 11.2. The van der Waals surface area contributed by atoms with Crippen LogP contribution in [-0.4, -0.2) is 37.8 Å². The maximum Gasteiger partial charge on any atom is 0.172 e. The quantitative estimate of drug-likeness (QED) is 0.512. The van der Waals surface area contributed by atoms with Gasteiger partial charge in [-0.2, -0.15) is 0 Å². The number of thiophene rings is 1. The van der Waals surface area contributed by atoms with Crippen LogP contribution in [0.4, 0.5) is 5.82 Å². The van der Waals surface area contributed by atoms with E-state index < -0.39 is 0 Å². The summed E-state index contributed by atoms with van der Waals surface area (Å²) in [6, 6.07) is 12.5. The zero-order valence-electron chi connectivity index (χ0n) is 16.2. The predicted molar refractivity (Wildman–Crippen MR) is 115 cm³/mol. The molecule has 29 heavy (non-hydrogen) atoms. The minimum Gasteiger partial charge on any atom is -0.355 e. The van der Waals surface area contributed by atoms with E-state index in [9.17, 15) is 0 Å². The number of aryl methyl sites for hydroxylation is 1. The van der Waals surface area contributed by atoms with Gasteiger partial charge in [0.25, 0.3) is 0 Å². The second-order valence-electron chi connectivity index (χ2n) is 7.88. The number of nitrogens with zero attached hydrogens (tertiary/aromatic N) is 6. The van der Waals surface area contributed by atoms with E-state index in [-0.39, 0.29) is 0 Å². The molecule has 2 aliphatic heterocycles. The Kier molecular flexibility index (Phi) is 4.08. The molecule has 0 spiro atoms. The molecule has 6 rings (SSSR count). The van der Waals surface area contributed by atoms with Crippen molar-refractivity contribution in [1.29, 1.82) is 0 Å². The first kappa shape index (κ1) is 17.1. The molecule has 3 aromatic heterocycles. The highest BCUT2D eigenvalue weighted by Crippen LogP contribution is 2.34. The molecule has 5 heterocycles. The third-order valence-corrected chi connectivity index (χ3v) is 6.91. The SMILES string of the molecule is c1csc(-c2nc(N3CCCC(c4nnc5n4CCC5)C3)c3ccccc3n2)c1. The predicted octanol–water partition coefficient (Wildman–Crippen LogP) is 4.28. The van der Waals surface area contributed by atoms with Gasteiger partial charge in [-0.3, -0.25) is 0 Å². The van der Waals surface area contributed by atoms with Crippen molar-refractivity contribution in [2.45, 2.75) is 38.1 Å². The van der Waals surface area contributed by atoms with Gasteiger partial charge in [-0.05, 0) is 42.8 Å². The van der Waals surface area contributed by atoms with Gasteiger partial charge in [0.1, 0.15) is 17.5 Å². The molecule has 1 atom stereocenters. The van der Waals surface area contributed by atoms with Crippen LogP contribution in [0.3, 0.4) is 0 Å². The molecule has 4 aromatic rings. The standard InChI is InChI=1S/C22H22N6S/c1-2-8-17-16(7-1)22(24-20(23-17)18-9-5-13-29-18)27-11-3-6-15(14-27)21-26-25-19-10-4-12-28(19)21/h1-2,5,7-9,13,15H,3-4,6,10-12,14H2. The fraction of sp³-hybridized carbons (Fsp3) is 0.364. The molecule has 1 fully saturated rings. The smallest absolute Gasteiger partial charge is 0.172 e. The van der Waals surface area contributed by atoms with E-state index in [2.05, 4.69) is 61.4 Å². The van der Waals surface area contributed by atoms with Gasteiger partial charge in [-0.25, -0.2) is 9.97 Å². The number of para-hydroxylation sites is 1. The second-order valence-corrected chi connectivity index (χ2v) is 8.83. The third-order valence-electron chi connectivity index (χ3n) is 6.05. The van der Waals surface area contributed by atoms with E-state index in [1.807, 2.05) is 0 Å². The largest absolute Gasteiger partial charge is 0.355 e. The lowest BCUT2D eigenvalue weighted by molar-refractivity contribution is 0.471. The first-order chi connectivity index (χ1) is 14.4. The number of hydrogen-bond acceptors (Lipinski definition) is 6. The van der Waals surface area contributed by atoms with Gasteiger partial charge in [-0.15, -0.1) is 21.5 Å². The van der Waals surface area contributed by atoms with Crippen LogP contribution in [-0.2, 0) is 13.0 Å². The molecule has 0 saturated carbocycles. The average Bonchev–Trinajstić information content (AvgIpc) is 3.51. The van der Waals surface area contributed by atoms with E-state index in [0.29, 0.717) is 5.92 Å². The molecule has 2 aliphatic rings. The van der Waals surface area contributed by atoms with Gasteiger partial charge < -0.3 is 9.47 Å². The Morgan fingerprint density at radius 2 is 1.93 bits per heavy atom. The molecule has 1 unspecified atom stereocenters. The summed E-state index contributed by atoms with van der Waals surface area (Å²) >= 11 is 1.69. The van der Waals surface area contributed by atoms with Crippen LogP contribution >= 0.6 is 11.3 Å². The highest BCUT2D eigenvalue weighted by Gasteiger charge is 2.29. The number of rotatable bonds is 3. The van der Waals surface area contributed by atoms with E-state index in [0.717, 1.165) is 72.1 Å². The highest BCUT2D eigenvalue weighted by atomic mass is 32.1. The summed E-state index contributed by atoms with van der Waals surface area (Å²) in [5.74, 6) is 4.59. The van der Waals surface area contributed by atoms with Gasteiger partial charge in [0.05, 0.1) is 10.4 Å².